The van der Waals surface area contributed by atoms with Crippen molar-refractivity contribution in [2.24, 2.45) is 0 Å². The first-order chi connectivity index (χ1) is 5.29. The SMILES string of the molecule is [NH3+]C(S)NCc1ccccn1. The van der Waals surface area contributed by atoms with Crippen LogP contribution in [-0.4, -0.2) is 10.5 Å². The van der Waals surface area contributed by atoms with Crippen molar-refractivity contribution in [3.05, 3.63) is 30.1 Å². The van der Waals surface area contributed by atoms with E-state index in [1.165, 1.54) is 0 Å². The Balaban J connectivity index is 2.39. The highest BCUT2D eigenvalue weighted by Gasteiger charge is 1.96. The van der Waals surface area contributed by atoms with Gasteiger partial charge in [0.1, 0.15) is 0 Å². The molecule has 11 heavy (non-hydrogen) atoms. The Hall–Kier alpha value is -0.580. The van der Waals surface area contributed by atoms with Gasteiger partial charge in [-0.25, -0.2) is 0 Å². The normalized spacial score (nSPS) is 12.9. The maximum Gasteiger partial charge on any atom is 0.184 e. The van der Waals surface area contributed by atoms with Gasteiger partial charge in [0.15, 0.2) is 5.50 Å². The van der Waals surface area contributed by atoms with E-state index < -0.39 is 0 Å². The van der Waals surface area contributed by atoms with Gasteiger partial charge >= 0.3 is 0 Å². The fraction of sp³-hybridized carbons (Fsp3) is 0.286. The predicted octanol–water partition coefficient (Wildman–Crippen LogP) is -0.374. The Morgan fingerprint density at radius 3 is 3.00 bits per heavy atom. The minimum atomic E-state index is -0.0305. The summed E-state index contributed by atoms with van der Waals surface area (Å²) >= 11 is 4.08. The fourth-order valence-electron chi connectivity index (χ4n) is 0.725. The van der Waals surface area contributed by atoms with E-state index in [1.54, 1.807) is 6.20 Å². The highest BCUT2D eigenvalue weighted by Crippen LogP contribution is 1.92. The summed E-state index contributed by atoms with van der Waals surface area (Å²) in [6.45, 7) is 0.721. The van der Waals surface area contributed by atoms with Crippen LogP contribution in [0.5, 0.6) is 0 Å². The number of nitrogens with zero attached hydrogens (tertiary/aromatic N) is 1. The van der Waals surface area contributed by atoms with Crippen LogP contribution in [0.25, 0.3) is 0 Å². The Bertz CT molecular complexity index is 200. The zero-order valence-corrected chi connectivity index (χ0v) is 7.09. The minimum absolute atomic E-state index is 0.0305. The molecule has 60 valence electrons. The van der Waals surface area contributed by atoms with Gasteiger partial charge in [-0.2, -0.15) is 0 Å². The summed E-state index contributed by atoms with van der Waals surface area (Å²) in [5.74, 6) is 0. The summed E-state index contributed by atoms with van der Waals surface area (Å²) in [6, 6.07) is 5.82. The Labute approximate surface area is 71.4 Å². The monoisotopic (exact) mass is 170 g/mol. The Kier molecular flexibility index (Phi) is 3.35. The number of hydrogen-bond acceptors (Lipinski definition) is 3. The number of quaternary nitrogens is 1. The quantitative estimate of drug-likeness (QED) is 0.428. The van der Waals surface area contributed by atoms with Gasteiger partial charge in [0.05, 0.1) is 5.69 Å². The van der Waals surface area contributed by atoms with Crippen molar-refractivity contribution in [2.75, 3.05) is 0 Å². The second-order valence-electron chi connectivity index (χ2n) is 2.22. The Morgan fingerprint density at radius 1 is 1.64 bits per heavy atom. The third-order valence-electron chi connectivity index (χ3n) is 1.24. The molecule has 0 aromatic carbocycles. The molecule has 1 unspecified atom stereocenters. The molecule has 0 amide bonds. The fourth-order valence-corrected chi connectivity index (χ4v) is 0.816. The molecule has 0 aliphatic rings. The molecule has 0 aliphatic carbocycles. The van der Waals surface area contributed by atoms with Crippen LogP contribution in [0.4, 0.5) is 0 Å². The third-order valence-corrected chi connectivity index (χ3v) is 1.43. The molecule has 1 heterocycles. The van der Waals surface area contributed by atoms with Gasteiger partial charge in [-0.3, -0.25) is 10.3 Å². The first kappa shape index (κ1) is 8.52. The van der Waals surface area contributed by atoms with Crippen molar-refractivity contribution in [1.29, 1.82) is 0 Å². The molecule has 4 heteroatoms. The first-order valence-electron chi connectivity index (χ1n) is 3.43. The molecule has 0 aliphatic heterocycles. The van der Waals surface area contributed by atoms with Crippen LogP contribution in [0.2, 0.25) is 0 Å². The van der Waals surface area contributed by atoms with Crippen LogP contribution in [0.1, 0.15) is 5.69 Å². The maximum atomic E-state index is 4.13. The van der Waals surface area contributed by atoms with Crippen molar-refractivity contribution in [3.8, 4) is 0 Å². The molecule has 0 radical (unpaired) electrons. The van der Waals surface area contributed by atoms with Crippen LogP contribution in [-0.2, 0) is 6.54 Å². The highest BCUT2D eigenvalue weighted by molar-refractivity contribution is 7.80. The van der Waals surface area contributed by atoms with Gasteiger partial charge in [0.2, 0.25) is 0 Å². The number of aromatic nitrogens is 1. The molecule has 0 fully saturated rings. The van der Waals surface area contributed by atoms with E-state index in [-0.39, 0.29) is 5.50 Å². The van der Waals surface area contributed by atoms with E-state index in [0.717, 1.165) is 12.2 Å². The average molecular weight is 170 g/mol. The first-order valence-corrected chi connectivity index (χ1v) is 3.95. The lowest BCUT2D eigenvalue weighted by Crippen LogP contribution is -2.64. The van der Waals surface area contributed by atoms with Gasteiger partial charge in [0.25, 0.3) is 0 Å². The second-order valence-corrected chi connectivity index (χ2v) is 2.84. The molecule has 1 atom stereocenters. The molecule has 0 saturated heterocycles. The zero-order valence-electron chi connectivity index (χ0n) is 6.20. The molecule has 1 aromatic rings. The number of thiol groups is 1. The summed E-state index contributed by atoms with van der Waals surface area (Å²) in [6.07, 6.45) is 1.77. The maximum absolute atomic E-state index is 4.13. The summed E-state index contributed by atoms with van der Waals surface area (Å²) in [7, 11) is 0. The van der Waals surface area contributed by atoms with E-state index in [1.807, 2.05) is 18.2 Å². The second kappa shape index (κ2) is 4.33. The largest absolute Gasteiger partial charge is 0.334 e. The number of nitrogens with one attached hydrogen (secondary N) is 1. The van der Waals surface area contributed by atoms with E-state index >= 15 is 0 Å². The van der Waals surface area contributed by atoms with Crippen molar-refractivity contribution in [1.82, 2.24) is 10.3 Å². The van der Waals surface area contributed by atoms with Crippen LogP contribution in [0, 0.1) is 0 Å². The van der Waals surface area contributed by atoms with Gasteiger partial charge < -0.3 is 5.73 Å². The topological polar surface area (TPSA) is 52.6 Å². The third kappa shape index (κ3) is 3.36. The van der Waals surface area contributed by atoms with Gasteiger partial charge in [-0.05, 0) is 12.1 Å². The van der Waals surface area contributed by atoms with E-state index in [9.17, 15) is 0 Å². The summed E-state index contributed by atoms with van der Waals surface area (Å²) in [5, 5.41) is 3.05. The summed E-state index contributed by atoms with van der Waals surface area (Å²) in [4.78, 5) is 4.13. The number of hydrogen-bond donors (Lipinski definition) is 3. The summed E-state index contributed by atoms with van der Waals surface area (Å²) < 4.78 is 0. The lowest BCUT2D eigenvalue weighted by molar-refractivity contribution is -0.393. The molecule has 0 spiro atoms. The van der Waals surface area contributed by atoms with Crippen LogP contribution in [0.15, 0.2) is 24.4 Å². The minimum Gasteiger partial charge on any atom is -0.334 e. The van der Waals surface area contributed by atoms with Crippen LogP contribution >= 0.6 is 12.6 Å². The summed E-state index contributed by atoms with van der Waals surface area (Å²) in [5.41, 5.74) is 4.66. The predicted molar refractivity (Wildman–Crippen MR) is 46.7 cm³/mol. The van der Waals surface area contributed by atoms with E-state index in [4.69, 9.17) is 0 Å². The van der Waals surface area contributed by atoms with Crippen LogP contribution < -0.4 is 11.1 Å². The Morgan fingerprint density at radius 2 is 2.45 bits per heavy atom. The van der Waals surface area contributed by atoms with Crippen molar-refractivity contribution < 1.29 is 5.73 Å². The zero-order chi connectivity index (χ0) is 8.10. The van der Waals surface area contributed by atoms with Gasteiger partial charge in [-0.15, -0.1) is 0 Å². The molecular weight excluding hydrogens is 158 g/mol. The van der Waals surface area contributed by atoms with E-state index in [0.29, 0.717) is 0 Å². The molecule has 0 bridgehead atoms. The molecule has 0 saturated carbocycles. The molecular formula is C7H12N3S+. The highest BCUT2D eigenvalue weighted by atomic mass is 32.1. The molecule has 3 nitrogen and oxygen atoms in total. The van der Waals surface area contributed by atoms with Gasteiger partial charge in [-0.1, -0.05) is 18.7 Å². The molecule has 1 aromatic heterocycles. The van der Waals surface area contributed by atoms with Gasteiger partial charge in [0, 0.05) is 12.7 Å². The standard InChI is InChI=1S/C7H11N3S/c8-7(11)10-5-6-3-1-2-4-9-6/h1-4,7,10-11H,5,8H2/p+1. The lowest BCUT2D eigenvalue weighted by atomic mass is 10.3. The van der Waals surface area contributed by atoms with E-state index in [2.05, 4.69) is 28.7 Å². The van der Waals surface area contributed by atoms with Crippen LogP contribution in [0.3, 0.4) is 0 Å². The van der Waals surface area contributed by atoms with Crippen molar-refractivity contribution >= 4 is 12.6 Å². The number of pyridine rings is 1. The van der Waals surface area contributed by atoms with Crippen molar-refractivity contribution in [2.45, 2.75) is 12.0 Å². The van der Waals surface area contributed by atoms with Crippen molar-refractivity contribution in [3.63, 3.8) is 0 Å². The molecule has 1 rings (SSSR count). The number of rotatable bonds is 3. The average Bonchev–Trinajstić information content (AvgIpc) is 2.03. The smallest absolute Gasteiger partial charge is 0.184 e. The lowest BCUT2D eigenvalue weighted by Gasteiger charge is -2.02. The molecule has 4 N–H and O–H groups in total.